The number of hydrogen-bond donors (Lipinski definition) is 1. The monoisotopic (exact) mass is 469 g/mol. The van der Waals surface area contributed by atoms with Crippen LogP contribution in [0.4, 0.5) is 18.9 Å². The Kier molecular flexibility index (Phi) is 6.79. The third-order valence-corrected chi connectivity index (χ3v) is 5.70. The number of alkyl halides is 3. The maximum Gasteiger partial charge on any atom is 0.416 e. The average Bonchev–Trinajstić information content (AvgIpc) is 3.28. The van der Waals surface area contributed by atoms with Gasteiger partial charge in [0.25, 0.3) is 0 Å². The minimum absolute atomic E-state index is 0.0427. The molecule has 1 N–H and O–H groups in total. The van der Waals surface area contributed by atoms with Crippen molar-refractivity contribution in [1.82, 2.24) is 10.1 Å². The van der Waals surface area contributed by atoms with Gasteiger partial charge in [-0.3, -0.25) is 4.79 Å². The number of para-hydroxylation sites is 1. The Labute approximate surface area is 192 Å². The molecule has 0 radical (unpaired) electrons. The number of amides is 1. The topological polar surface area (TPSA) is 68.0 Å². The van der Waals surface area contributed by atoms with Crippen LogP contribution < -0.4 is 5.32 Å². The summed E-state index contributed by atoms with van der Waals surface area (Å²) in [4.78, 5) is 18.6. The molecule has 5 nitrogen and oxygen atoms in total. The summed E-state index contributed by atoms with van der Waals surface area (Å²) in [5, 5.41) is 6.63. The summed E-state index contributed by atoms with van der Waals surface area (Å²) in [6.07, 6.45) is -4.23. The Hall–Kier alpha value is -3.59. The molecule has 4 aromatic rings. The molecule has 1 amide bonds. The van der Waals surface area contributed by atoms with Crippen LogP contribution in [0.3, 0.4) is 0 Å². The van der Waals surface area contributed by atoms with E-state index in [1.165, 1.54) is 23.9 Å². The Morgan fingerprint density at radius 1 is 0.970 bits per heavy atom. The maximum atomic E-state index is 12.9. The van der Waals surface area contributed by atoms with Crippen LogP contribution in [-0.2, 0) is 17.4 Å². The van der Waals surface area contributed by atoms with Gasteiger partial charge in [-0.05, 0) is 36.4 Å². The van der Waals surface area contributed by atoms with E-state index in [1.54, 1.807) is 0 Å². The lowest BCUT2D eigenvalue weighted by molar-refractivity contribution is -0.137. The summed E-state index contributed by atoms with van der Waals surface area (Å²) in [5.74, 6) is -0.0273. The first-order chi connectivity index (χ1) is 15.9. The fraction of sp³-hybridized carbons (Fsp3) is 0.125. The number of rotatable bonds is 7. The van der Waals surface area contributed by atoms with Gasteiger partial charge in [-0.15, -0.1) is 0 Å². The van der Waals surface area contributed by atoms with E-state index in [9.17, 15) is 18.0 Å². The number of nitrogens with zero attached hydrogens (tertiary/aromatic N) is 2. The van der Waals surface area contributed by atoms with E-state index in [0.717, 1.165) is 21.9 Å². The van der Waals surface area contributed by atoms with Gasteiger partial charge < -0.3 is 9.84 Å². The smallest absolute Gasteiger partial charge is 0.339 e. The van der Waals surface area contributed by atoms with E-state index in [-0.39, 0.29) is 36.0 Å². The van der Waals surface area contributed by atoms with Gasteiger partial charge in [0.15, 0.2) is 0 Å². The lowest BCUT2D eigenvalue weighted by atomic mass is 10.1. The number of hydrogen-bond acceptors (Lipinski definition) is 5. The Morgan fingerprint density at radius 3 is 2.52 bits per heavy atom. The number of carbonyl (C=O) groups excluding carboxylic acids is 1. The van der Waals surface area contributed by atoms with Gasteiger partial charge in [0.2, 0.25) is 17.6 Å². The van der Waals surface area contributed by atoms with Crippen molar-refractivity contribution in [2.45, 2.75) is 28.8 Å². The van der Waals surface area contributed by atoms with Crippen LogP contribution in [0.25, 0.3) is 11.4 Å². The van der Waals surface area contributed by atoms with Crippen LogP contribution in [0, 0.1) is 0 Å². The van der Waals surface area contributed by atoms with E-state index in [0.29, 0.717) is 5.69 Å². The van der Waals surface area contributed by atoms with Crippen molar-refractivity contribution in [3.05, 3.63) is 90.3 Å². The number of carbonyl (C=O) groups is 1. The molecule has 0 aliphatic heterocycles. The summed E-state index contributed by atoms with van der Waals surface area (Å²) in [5.41, 5.74) is 0.0837. The van der Waals surface area contributed by atoms with Gasteiger partial charge in [-0.25, -0.2) is 0 Å². The van der Waals surface area contributed by atoms with Crippen LogP contribution in [0.2, 0.25) is 0 Å². The molecule has 0 saturated carbocycles. The Morgan fingerprint density at radius 2 is 1.73 bits per heavy atom. The van der Waals surface area contributed by atoms with E-state index in [2.05, 4.69) is 15.5 Å². The van der Waals surface area contributed by atoms with Crippen molar-refractivity contribution in [3.63, 3.8) is 0 Å². The fourth-order valence-electron chi connectivity index (χ4n) is 3.02. The molecule has 168 valence electrons. The molecular formula is C24H18F3N3O2S. The fourth-order valence-corrected chi connectivity index (χ4v) is 3.94. The molecule has 4 rings (SSSR count). The van der Waals surface area contributed by atoms with E-state index in [4.69, 9.17) is 4.52 Å². The molecule has 1 heterocycles. The zero-order valence-electron chi connectivity index (χ0n) is 17.2. The second kappa shape index (κ2) is 9.91. The third-order valence-electron chi connectivity index (χ3n) is 4.61. The molecule has 9 heteroatoms. The second-order valence-electron chi connectivity index (χ2n) is 7.05. The van der Waals surface area contributed by atoms with E-state index in [1.807, 2.05) is 54.6 Å². The van der Waals surface area contributed by atoms with Crippen molar-refractivity contribution in [2.24, 2.45) is 0 Å². The number of aryl methyl sites for hydroxylation is 1. The van der Waals surface area contributed by atoms with Crippen LogP contribution >= 0.6 is 11.8 Å². The van der Waals surface area contributed by atoms with Gasteiger partial charge in [0, 0.05) is 28.2 Å². The highest BCUT2D eigenvalue weighted by Gasteiger charge is 2.30. The first kappa shape index (κ1) is 22.6. The highest BCUT2D eigenvalue weighted by Crippen LogP contribution is 2.33. The zero-order chi connectivity index (χ0) is 23.3. The third kappa shape index (κ3) is 6.01. The Bertz CT molecular complexity index is 1240. The molecule has 0 spiro atoms. The van der Waals surface area contributed by atoms with Crippen LogP contribution in [0.1, 0.15) is 17.9 Å². The standard InChI is InChI=1S/C24H18F3N3O2S/c25-24(26,27)17-8-6-7-16(15-17)23-29-22(32-30-23)14-13-21(31)28-19-11-4-5-12-20(19)33-18-9-2-1-3-10-18/h1-12,15H,13-14H2,(H,28,31). The average molecular weight is 469 g/mol. The molecule has 0 unspecified atom stereocenters. The summed E-state index contributed by atoms with van der Waals surface area (Å²) in [7, 11) is 0. The predicted octanol–water partition coefficient (Wildman–Crippen LogP) is 6.48. The number of halogens is 3. The van der Waals surface area contributed by atoms with Gasteiger partial charge in [0.05, 0.1) is 11.3 Å². The zero-order valence-corrected chi connectivity index (χ0v) is 18.0. The molecule has 3 aromatic carbocycles. The number of nitrogens with one attached hydrogen (secondary N) is 1. The van der Waals surface area contributed by atoms with Crippen molar-refractivity contribution in [1.29, 1.82) is 0 Å². The molecule has 0 aliphatic carbocycles. The SMILES string of the molecule is O=C(CCc1nc(-c2cccc(C(F)(F)F)c2)no1)Nc1ccccc1Sc1ccccc1. The van der Waals surface area contributed by atoms with Gasteiger partial charge in [-0.1, -0.05) is 59.4 Å². The van der Waals surface area contributed by atoms with Gasteiger partial charge in [0.1, 0.15) is 0 Å². The summed E-state index contributed by atoms with van der Waals surface area (Å²) >= 11 is 1.54. The molecular weight excluding hydrogens is 451 g/mol. The normalized spacial score (nSPS) is 11.4. The minimum Gasteiger partial charge on any atom is -0.339 e. The largest absolute Gasteiger partial charge is 0.416 e. The van der Waals surface area contributed by atoms with Crippen molar-refractivity contribution < 1.29 is 22.5 Å². The lowest BCUT2D eigenvalue weighted by Gasteiger charge is -2.10. The van der Waals surface area contributed by atoms with Crippen LogP contribution in [0.5, 0.6) is 0 Å². The molecule has 0 fully saturated rings. The van der Waals surface area contributed by atoms with E-state index >= 15 is 0 Å². The predicted molar refractivity (Wildman–Crippen MR) is 119 cm³/mol. The van der Waals surface area contributed by atoms with Crippen molar-refractivity contribution in [3.8, 4) is 11.4 Å². The van der Waals surface area contributed by atoms with Crippen molar-refractivity contribution >= 4 is 23.4 Å². The maximum absolute atomic E-state index is 12.9. The van der Waals surface area contributed by atoms with Crippen LogP contribution in [0.15, 0.2) is 93.2 Å². The van der Waals surface area contributed by atoms with Crippen molar-refractivity contribution in [2.75, 3.05) is 5.32 Å². The van der Waals surface area contributed by atoms with Gasteiger partial charge in [-0.2, -0.15) is 18.2 Å². The number of aromatic nitrogens is 2. The molecule has 0 aliphatic rings. The Balaban J connectivity index is 1.38. The molecule has 0 bridgehead atoms. The highest BCUT2D eigenvalue weighted by molar-refractivity contribution is 7.99. The molecule has 0 atom stereocenters. The van der Waals surface area contributed by atoms with Crippen LogP contribution in [-0.4, -0.2) is 16.0 Å². The summed E-state index contributed by atoms with van der Waals surface area (Å²) in [6.45, 7) is 0. The molecule has 0 saturated heterocycles. The summed E-state index contributed by atoms with van der Waals surface area (Å²) in [6, 6.07) is 22.0. The first-order valence-electron chi connectivity index (χ1n) is 10.0. The minimum atomic E-state index is -4.46. The second-order valence-corrected chi connectivity index (χ2v) is 8.17. The molecule has 1 aromatic heterocycles. The number of anilines is 1. The molecule has 33 heavy (non-hydrogen) atoms. The lowest BCUT2D eigenvalue weighted by Crippen LogP contribution is -2.13. The van der Waals surface area contributed by atoms with E-state index < -0.39 is 11.7 Å². The quantitative estimate of drug-likeness (QED) is 0.336. The highest BCUT2D eigenvalue weighted by atomic mass is 32.2. The van der Waals surface area contributed by atoms with Gasteiger partial charge >= 0.3 is 6.18 Å². The first-order valence-corrected chi connectivity index (χ1v) is 10.8. The number of benzene rings is 3. The summed E-state index contributed by atoms with van der Waals surface area (Å²) < 4.78 is 43.9.